The first kappa shape index (κ1) is 25.9. The maximum atomic E-state index is 12.6. The van der Waals surface area contributed by atoms with Crippen molar-refractivity contribution in [2.24, 2.45) is 0 Å². The van der Waals surface area contributed by atoms with Gasteiger partial charge in [0.15, 0.2) is 0 Å². The van der Waals surface area contributed by atoms with E-state index in [2.05, 4.69) is 17.1 Å². The number of benzene rings is 1. The standard InChI is InChI=1S/C28H38N2O6/c1-5-7-8-9-11-28(3,32)24-16-20-21(36-24)17-22-25(26(20)33-4)19(10-13-30-14-12-29-18-30)15-23(35-22)27(31)34-6-2/h10,12,14-15,17,24,29,32H,5-9,11,13,16,18H2,1-4H3/b19-10+/t24-,28-/m0/s1. The Morgan fingerprint density at radius 3 is 2.83 bits per heavy atom. The average molecular weight is 499 g/mol. The Balaban J connectivity index is 1.66. The first-order valence-corrected chi connectivity index (χ1v) is 12.9. The molecule has 8 heteroatoms. The van der Waals surface area contributed by atoms with Gasteiger partial charge in [0.05, 0.1) is 31.5 Å². The normalized spacial score (nSPS) is 20.6. The van der Waals surface area contributed by atoms with E-state index in [1.807, 2.05) is 25.4 Å². The molecule has 8 nitrogen and oxygen atoms in total. The number of ether oxygens (including phenoxy) is 4. The van der Waals surface area contributed by atoms with Crippen LogP contribution in [0.3, 0.4) is 0 Å². The topological polar surface area (TPSA) is 89.5 Å². The number of esters is 1. The molecule has 0 saturated carbocycles. The molecule has 0 saturated heterocycles. The Bertz CT molecular complexity index is 1060. The minimum Gasteiger partial charge on any atom is -0.496 e. The van der Waals surface area contributed by atoms with Crippen molar-refractivity contribution >= 4 is 11.5 Å². The van der Waals surface area contributed by atoms with Crippen LogP contribution in [0, 0.1) is 0 Å². The Morgan fingerprint density at radius 1 is 1.31 bits per heavy atom. The molecule has 3 heterocycles. The summed E-state index contributed by atoms with van der Waals surface area (Å²) in [6.07, 6.45) is 12.8. The van der Waals surface area contributed by atoms with E-state index in [-0.39, 0.29) is 12.4 Å². The summed E-state index contributed by atoms with van der Waals surface area (Å²) in [5, 5.41) is 14.4. The van der Waals surface area contributed by atoms with E-state index in [0.29, 0.717) is 43.3 Å². The first-order valence-electron chi connectivity index (χ1n) is 12.9. The number of hydrogen-bond acceptors (Lipinski definition) is 8. The number of rotatable bonds is 11. The smallest absolute Gasteiger partial charge is 0.374 e. The van der Waals surface area contributed by atoms with Gasteiger partial charge < -0.3 is 34.3 Å². The lowest BCUT2D eigenvalue weighted by atomic mass is 9.88. The van der Waals surface area contributed by atoms with Crippen molar-refractivity contribution in [3.8, 4) is 17.2 Å². The first-order chi connectivity index (χ1) is 17.4. The zero-order valence-corrected chi connectivity index (χ0v) is 21.8. The summed E-state index contributed by atoms with van der Waals surface area (Å²) in [6, 6.07) is 1.80. The van der Waals surface area contributed by atoms with E-state index in [4.69, 9.17) is 18.9 Å². The minimum atomic E-state index is -0.971. The van der Waals surface area contributed by atoms with Crippen LogP contribution in [0.1, 0.15) is 64.0 Å². The molecule has 0 amide bonds. The quantitative estimate of drug-likeness (QED) is 0.345. The average Bonchev–Trinajstić information content (AvgIpc) is 3.54. The number of nitrogens with one attached hydrogen (secondary N) is 1. The molecule has 3 aliphatic rings. The van der Waals surface area contributed by atoms with Gasteiger partial charge in [0.2, 0.25) is 5.76 Å². The molecule has 0 spiro atoms. The number of methoxy groups -OCH3 is 1. The summed E-state index contributed by atoms with van der Waals surface area (Å²) in [7, 11) is 1.63. The Morgan fingerprint density at radius 2 is 2.14 bits per heavy atom. The van der Waals surface area contributed by atoms with E-state index in [0.717, 1.165) is 42.4 Å². The monoisotopic (exact) mass is 498 g/mol. The predicted octanol–water partition coefficient (Wildman–Crippen LogP) is 4.28. The predicted molar refractivity (Wildman–Crippen MR) is 138 cm³/mol. The van der Waals surface area contributed by atoms with Crippen molar-refractivity contribution in [1.82, 2.24) is 10.2 Å². The number of allylic oxidation sites excluding steroid dienone is 2. The van der Waals surface area contributed by atoms with Crippen LogP contribution in [-0.2, 0) is 16.0 Å². The number of nitrogens with zero attached hydrogens (tertiary/aromatic N) is 1. The van der Waals surface area contributed by atoms with Crippen molar-refractivity contribution in [1.29, 1.82) is 0 Å². The lowest BCUT2D eigenvalue weighted by Crippen LogP contribution is -2.42. The molecule has 4 rings (SSSR count). The van der Waals surface area contributed by atoms with Gasteiger partial charge in [-0.3, -0.25) is 0 Å². The molecule has 0 aromatic heterocycles. The summed E-state index contributed by atoms with van der Waals surface area (Å²) in [5.74, 6) is 1.32. The Hall–Kier alpha value is -3.13. The number of carbonyl (C=O) groups excluding carboxylic acids is 1. The molecule has 1 aromatic rings. The highest BCUT2D eigenvalue weighted by molar-refractivity contribution is 5.95. The van der Waals surface area contributed by atoms with Gasteiger partial charge in [-0.2, -0.15) is 0 Å². The summed E-state index contributed by atoms with van der Waals surface area (Å²) in [5.41, 5.74) is 1.52. The third-order valence-electron chi connectivity index (χ3n) is 6.92. The number of hydrogen-bond donors (Lipinski definition) is 2. The molecule has 2 atom stereocenters. The Labute approximate surface area is 213 Å². The van der Waals surface area contributed by atoms with Gasteiger partial charge in [0, 0.05) is 37.0 Å². The second kappa shape index (κ2) is 11.3. The summed E-state index contributed by atoms with van der Waals surface area (Å²) >= 11 is 0. The van der Waals surface area contributed by atoms with Gasteiger partial charge >= 0.3 is 5.97 Å². The SMILES string of the molecule is CCCCCC[C@](C)(O)[C@@H]1Cc2c(cc3c(c2OC)/C(=C/CN2C=CNC2)C=C(C(=O)OCC)O3)O1. The van der Waals surface area contributed by atoms with Crippen molar-refractivity contribution < 1.29 is 28.8 Å². The molecule has 36 heavy (non-hydrogen) atoms. The third-order valence-corrected chi connectivity index (χ3v) is 6.92. The molecule has 0 fully saturated rings. The van der Waals surface area contributed by atoms with Crippen LogP contribution in [0.5, 0.6) is 17.2 Å². The van der Waals surface area contributed by atoms with Gasteiger partial charge in [-0.1, -0.05) is 38.7 Å². The summed E-state index contributed by atoms with van der Waals surface area (Å²) in [6.45, 7) is 7.39. The van der Waals surface area contributed by atoms with Crippen LogP contribution in [0.25, 0.3) is 5.57 Å². The molecule has 0 radical (unpaired) electrons. The van der Waals surface area contributed by atoms with Gasteiger partial charge in [-0.05, 0) is 31.9 Å². The number of fused-ring (bicyclic) bond motifs is 2. The summed E-state index contributed by atoms with van der Waals surface area (Å²) in [4.78, 5) is 14.7. The fraction of sp³-hybridized carbons (Fsp3) is 0.536. The zero-order chi connectivity index (χ0) is 25.7. The molecular formula is C28H38N2O6. The maximum Gasteiger partial charge on any atom is 0.374 e. The Kier molecular flexibility index (Phi) is 8.14. The van der Waals surface area contributed by atoms with Crippen LogP contribution in [0.2, 0.25) is 0 Å². The van der Waals surface area contributed by atoms with Gasteiger partial charge in [-0.25, -0.2) is 4.79 Å². The molecule has 0 bridgehead atoms. The van der Waals surface area contributed by atoms with E-state index >= 15 is 0 Å². The molecule has 0 aliphatic carbocycles. The summed E-state index contributed by atoms with van der Waals surface area (Å²) < 4.78 is 23.4. The highest BCUT2D eigenvalue weighted by atomic mass is 16.6. The molecule has 1 aromatic carbocycles. The highest BCUT2D eigenvalue weighted by Crippen LogP contribution is 2.50. The fourth-order valence-corrected chi connectivity index (χ4v) is 4.88. The van der Waals surface area contributed by atoms with Gasteiger partial charge in [-0.15, -0.1) is 0 Å². The minimum absolute atomic E-state index is 0.116. The molecule has 196 valence electrons. The van der Waals surface area contributed by atoms with E-state index in [1.54, 1.807) is 26.2 Å². The molecule has 0 unspecified atom stereocenters. The van der Waals surface area contributed by atoms with Crippen molar-refractivity contribution in [2.75, 3.05) is 26.9 Å². The third kappa shape index (κ3) is 5.48. The van der Waals surface area contributed by atoms with E-state index in [1.165, 1.54) is 0 Å². The number of carbonyl (C=O) groups is 1. The fourth-order valence-electron chi connectivity index (χ4n) is 4.88. The molecule has 3 aliphatic heterocycles. The maximum absolute atomic E-state index is 12.6. The highest BCUT2D eigenvalue weighted by Gasteiger charge is 2.41. The zero-order valence-electron chi connectivity index (χ0n) is 21.8. The molecule has 2 N–H and O–H groups in total. The lowest BCUT2D eigenvalue weighted by molar-refractivity contribution is -0.141. The van der Waals surface area contributed by atoms with Crippen molar-refractivity contribution in [3.63, 3.8) is 0 Å². The van der Waals surface area contributed by atoms with E-state index < -0.39 is 17.7 Å². The van der Waals surface area contributed by atoms with Crippen LogP contribution >= 0.6 is 0 Å². The van der Waals surface area contributed by atoms with Crippen molar-refractivity contribution in [3.05, 3.63) is 47.5 Å². The van der Waals surface area contributed by atoms with Crippen LogP contribution in [0.15, 0.2) is 36.4 Å². The van der Waals surface area contributed by atoms with Crippen LogP contribution < -0.4 is 19.5 Å². The van der Waals surface area contributed by atoms with E-state index in [9.17, 15) is 9.90 Å². The molecular weight excluding hydrogens is 460 g/mol. The number of unbranched alkanes of at least 4 members (excludes halogenated alkanes) is 3. The van der Waals surface area contributed by atoms with Crippen LogP contribution in [-0.4, -0.2) is 54.6 Å². The van der Waals surface area contributed by atoms with Gasteiger partial charge in [0.1, 0.15) is 23.4 Å². The largest absolute Gasteiger partial charge is 0.496 e. The second-order valence-corrected chi connectivity index (χ2v) is 9.68. The van der Waals surface area contributed by atoms with Gasteiger partial charge in [0.25, 0.3) is 0 Å². The second-order valence-electron chi connectivity index (χ2n) is 9.68. The van der Waals surface area contributed by atoms with Crippen molar-refractivity contribution in [2.45, 2.75) is 71.0 Å². The lowest BCUT2D eigenvalue weighted by Gasteiger charge is -2.29. The number of aliphatic hydroxyl groups is 1. The van der Waals surface area contributed by atoms with Crippen LogP contribution in [0.4, 0.5) is 0 Å².